The van der Waals surface area contributed by atoms with Crippen LogP contribution in [0.4, 0.5) is 11.6 Å². The third-order valence-electron chi connectivity index (χ3n) is 5.04. The van der Waals surface area contributed by atoms with Crippen LogP contribution in [0.1, 0.15) is 35.7 Å². The molecule has 6 heteroatoms. The first kappa shape index (κ1) is 19.3. The van der Waals surface area contributed by atoms with Gasteiger partial charge in [0.15, 0.2) is 0 Å². The standard InChI is InChI=1S/C23H24N4OS.H2/c1-5-19-15(3)24-23(26-18-10-11-20-21(12-18)29-16(4)25-20)27(22(19)28)13-17-8-6-14(2)7-9-17;/h6-12H,5,13H2,1-4H3,(H,24,26);1H. The zero-order chi connectivity index (χ0) is 20.5. The Morgan fingerprint density at radius 2 is 1.83 bits per heavy atom. The van der Waals surface area contributed by atoms with E-state index in [1.165, 1.54) is 5.56 Å². The molecule has 0 unspecified atom stereocenters. The van der Waals surface area contributed by atoms with Crippen molar-refractivity contribution in [3.63, 3.8) is 0 Å². The quantitative estimate of drug-likeness (QED) is 0.483. The first-order chi connectivity index (χ1) is 13.9. The van der Waals surface area contributed by atoms with E-state index in [2.05, 4.69) is 47.6 Å². The van der Waals surface area contributed by atoms with Gasteiger partial charge < -0.3 is 5.32 Å². The molecule has 0 spiro atoms. The van der Waals surface area contributed by atoms with Crippen LogP contribution in [0.3, 0.4) is 0 Å². The molecule has 2 heterocycles. The molecule has 0 atom stereocenters. The molecule has 2 aromatic heterocycles. The molecule has 5 nitrogen and oxygen atoms in total. The Bertz CT molecular complexity index is 1240. The van der Waals surface area contributed by atoms with Crippen molar-refractivity contribution in [2.24, 2.45) is 0 Å². The second-order valence-electron chi connectivity index (χ2n) is 7.27. The molecular weight excluding hydrogens is 380 g/mol. The number of benzene rings is 2. The number of aromatic nitrogens is 3. The van der Waals surface area contributed by atoms with Crippen LogP contribution >= 0.6 is 11.3 Å². The number of thiazole rings is 1. The Labute approximate surface area is 175 Å². The Balaban J connectivity index is 0.00000256. The molecule has 0 bridgehead atoms. The molecule has 0 amide bonds. The van der Waals surface area contributed by atoms with Gasteiger partial charge in [-0.2, -0.15) is 0 Å². The van der Waals surface area contributed by atoms with Gasteiger partial charge in [-0.15, -0.1) is 11.3 Å². The van der Waals surface area contributed by atoms with Crippen LogP contribution in [-0.4, -0.2) is 14.5 Å². The van der Waals surface area contributed by atoms with E-state index in [0.29, 0.717) is 18.9 Å². The molecule has 4 rings (SSSR count). The SMILES string of the molecule is CCc1c(C)nc(Nc2ccc3nc(C)sc3c2)n(Cc2ccc(C)cc2)c1=O.[HH]. The van der Waals surface area contributed by atoms with E-state index in [9.17, 15) is 4.79 Å². The van der Waals surface area contributed by atoms with Crippen LogP contribution in [0.25, 0.3) is 10.2 Å². The molecule has 150 valence electrons. The highest BCUT2D eigenvalue weighted by molar-refractivity contribution is 7.18. The lowest BCUT2D eigenvalue weighted by atomic mass is 10.1. The monoisotopic (exact) mass is 406 g/mol. The fourth-order valence-electron chi connectivity index (χ4n) is 3.47. The second kappa shape index (κ2) is 7.79. The maximum Gasteiger partial charge on any atom is 0.258 e. The molecule has 29 heavy (non-hydrogen) atoms. The van der Waals surface area contributed by atoms with Crippen LogP contribution < -0.4 is 10.9 Å². The van der Waals surface area contributed by atoms with Gasteiger partial charge in [0.2, 0.25) is 5.95 Å². The molecule has 4 aromatic rings. The van der Waals surface area contributed by atoms with Gasteiger partial charge >= 0.3 is 0 Å². The summed E-state index contributed by atoms with van der Waals surface area (Å²) >= 11 is 1.66. The normalized spacial score (nSPS) is 11.2. The minimum Gasteiger partial charge on any atom is -0.325 e. The highest BCUT2D eigenvalue weighted by Crippen LogP contribution is 2.26. The number of anilines is 2. The number of hydrogen-bond donors (Lipinski definition) is 1. The average Bonchev–Trinajstić information content (AvgIpc) is 3.06. The lowest BCUT2D eigenvalue weighted by Crippen LogP contribution is -2.28. The molecule has 2 aromatic carbocycles. The minimum atomic E-state index is 0. The van der Waals surface area contributed by atoms with E-state index < -0.39 is 0 Å². The molecular formula is C23H26N4OS. The van der Waals surface area contributed by atoms with Gasteiger partial charge in [0, 0.05) is 18.4 Å². The Morgan fingerprint density at radius 1 is 1.07 bits per heavy atom. The van der Waals surface area contributed by atoms with Crippen LogP contribution in [0.2, 0.25) is 0 Å². The lowest BCUT2D eigenvalue weighted by Gasteiger charge is -2.17. The van der Waals surface area contributed by atoms with Crippen LogP contribution in [-0.2, 0) is 13.0 Å². The van der Waals surface area contributed by atoms with Crippen molar-refractivity contribution in [2.45, 2.75) is 40.7 Å². The van der Waals surface area contributed by atoms with Gasteiger partial charge in [-0.25, -0.2) is 9.97 Å². The van der Waals surface area contributed by atoms with Crippen LogP contribution in [0.5, 0.6) is 0 Å². The van der Waals surface area contributed by atoms with E-state index in [1.54, 1.807) is 15.9 Å². The summed E-state index contributed by atoms with van der Waals surface area (Å²) in [5.41, 5.74) is 5.70. The fraction of sp³-hybridized carbons (Fsp3) is 0.261. The Morgan fingerprint density at radius 3 is 2.55 bits per heavy atom. The smallest absolute Gasteiger partial charge is 0.258 e. The number of aryl methyl sites for hydroxylation is 3. The van der Waals surface area contributed by atoms with E-state index in [4.69, 9.17) is 4.98 Å². The summed E-state index contributed by atoms with van der Waals surface area (Å²) in [5.74, 6) is 0.561. The van der Waals surface area contributed by atoms with E-state index in [-0.39, 0.29) is 6.99 Å². The van der Waals surface area contributed by atoms with Gasteiger partial charge in [-0.05, 0) is 51.0 Å². The summed E-state index contributed by atoms with van der Waals surface area (Å²) < 4.78 is 2.85. The number of hydrogen-bond acceptors (Lipinski definition) is 5. The molecule has 0 saturated carbocycles. The summed E-state index contributed by atoms with van der Waals surface area (Å²) in [5, 5.41) is 4.41. The van der Waals surface area contributed by atoms with Crippen molar-refractivity contribution < 1.29 is 1.43 Å². The van der Waals surface area contributed by atoms with Crippen molar-refractivity contribution in [3.05, 3.63) is 80.2 Å². The topological polar surface area (TPSA) is 59.8 Å². The maximum atomic E-state index is 13.2. The number of nitrogens with zero attached hydrogens (tertiary/aromatic N) is 3. The molecule has 0 aliphatic carbocycles. The first-order valence-corrected chi connectivity index (χ1v) is 10.6. The molecule has 0 radical (unpaired) electrons. The lowest BCUT2D eigenvalue weighted by molar-refractivity contribution is 0.726. The van der Waals surface area contributed by atoms with Gasteiger partial charge in [-0.3, -0.25) is 9.36 Å². The van der Waals surface area contributed by atoms with E-state index in [1.807, 2.05) is 32.9 Å². The van der Waals surface area contributed by atoms with Gasteiger partial charge in [0.05, 0.1) is 21.8 Å². The van der Waals surface area contributed by atoms with Gasteiger partial charge in [-0.1, -0.05) is 36.8 Å². The van der Waals surface area contributed by atoms with Crippen molar-refractivity contribution in [1.29, 1.82) is 0 Å². The predicted octanol–water partition coefficient (Wildman–Crippen LogP) is 5.38. The zero-order valence-electron chi connectivity index (χ0n) is 17.1. The van der Waals surface area contributed by atoms with Crippen molar-refractivity contribution >= 4 is 33.2 Å². The largest absolute Gasteiger partial charge is 0.325 e. The third kappa shape index (κ3) is 3.93. The van der Waals surface area contributed by atoms with Gasteiger partial charge in [0.1, 0.15) is 0 Å². The van der Waals surface area contributed by atoms with Crippen molar-refractivity contribution in [1.82, 2.24) is 14.5 Å². The third-order valence-corrected chi connectivity index (χ3v) is 5.97. The zero-order valence-corrected chi connectivity index (χ0v) is 17.9. The molecule has 0 aliphatic heterocycles. The van der Waals surface area contributed by atoms with Gasteiger partial charge in [0.25, 0.3) is 5.56 Å². The molecule has 0 saturated heterocycles. The summed E-state index contributed by atoms with van der Waals surface area (Å²) in [4.78, 5) is 22.4. The fourth-order valence-corrected chi connectivity index (χ4v) is 4.34. The molecule has 1 N–H and O–H groups in total. The predicted molar refractivity (Wildman–Crippen MR) is 123 cm³/mol. The average molecular weight is 407 g/mol. The summed E-state index contributed by atoms with van der Waals surface area (Å²) in [6.07, 6.45) is 0.665. The summed E-state index contributed by atoms with van der Waals surface area (Å²) in [6, 6.07) is 14.3. The maximum absolute atomic E-state index is 13.2. The number of fused-ring (bicyclic) bond motifs is 1. The summed E-state index contributed by atoms with van der Waals surface area (Å²) in [7, 11) is 0. The minimum absolute atomic E-state index is 0. The molecule has 0 fully saturated rings. The number of nitrogens with one attached hydrogen (secondary N) is 1. The van der Waals surface area contributed by atoms with Crippen LogP contribution in [0.15, 0.2) is 47.3 Å². The highest BCUT2D eigenvalue weighted by Gasteiger charge is 2.14. The summed E-state index contributed by atoms with van der Waals surface area (Å²) in [6.45, 7) is 8.43. The second-order valence-corrected chi connectivity index (χ2v) is 8.50. The van der Waals surface area contributed by atoms with E-state index in [0.717, 1.165) is 37.7 Å². The van der Waals surface area contributed by atoms with Crippen LogP contribution in [0, 0.1) is 20.8 Å². The Kier molecular flexibility index (Phi) is 5.20. The van der Waals surface area contributed by atoms with E-state index >= 15 is 0 Å². The van der Waals surface area contributed by atoms with Crippen molar-refractivity contribution in [3.8, 4) is 0 Å². The highest BCUT2D eigenvalue weighted by atomic mass is 32.1. The van der Waals surface area contributed by atoms with Crippen molar-refractivity contribution in [2.75, 3.05) is 5.32 Å². The first-order valence-electron chi connectivity index (χ1n) is 9.74. The molecule has 0 aliphatic rings. The Hall–Kier alpha value is -2.99. The number of rotatable bonds is 5.